The van der Waals surface area contributed by atoms with E-state index in [1.165, 1.54) is 0 Å². The van der Waals surface area contributed by atoms with Crippen molar-refractivity contribution in [3.05, 3.63) is 120 Å². The number of hydrogen-bond acceptors (Lipinski definition) is 1. The summed E-state index contributed by atoms with van der Waals surface area (Å²) in [5, 5.41) is 9.02. The van der Waals surface area contributed by atoms with Crippen molar-refractivity contribution in [3.8, 4) is 6.07 Å². The van der Waals surface area contributed by atoms with E-state index < -0.39 is 0 Å². The molecule has 0 aliphatic rings. The molecule has 0 saturated heterocycles. The first-order valence-electron chi connectivity index (χ1n) is 7.58. The third-order valence-corrected chi connectivity index (χ3v) is 3.28. The number of nitriles is 1. The molecule has 0 fully saturated rings. The van der Waals surface area contributed by atoms with Crippen LogP contribution in [0.3, 0.4) is 0 Å². The fraction of sp³-hybridized carbons (Fsp3) is 0.0455. The van der Waals surface area contributed by atoms with Crippen molar-refractivity contribution >= 4 is 0 Å². The Morgan fingerprint density at radius 1 is 0.600 bits per heavy atom. The largest absolute Gasteiger partial charge is 2.00 e. The van der Waals surface area contributed by atoms with Crippen molar-refractivity contribution in [2.75, 3.05) is 0 Å². The molecule has 0 aliphatic heterocycles. The van der Waals surface area contributed by atoms with Crippen LogP contribution in [0, 0.1) is 11.3 Å². The van der Waals surface area contributed by atoms with Crippen molar-refractivity contribution in [2.24, 2.45) is 0 Å². The fourth-order valence-corrected chi connectivity index (χ4v) is 2.15. The summed E-state index contributed by atoms with van der Waals surface area (Å²) < 4.78 is 0. The Balaban J connectivity index is 0.000000400. The van der Waals surface area contributed by atoms with Gasteiger partial charge in [-0.15, -0.1) is 11.1 Å². The Kier molecular flexibility index (Phi) is 13.1. The van der Waals surface area contributed by atoms with Crippen molar-refractivity contribution in [2.45, 2.75) is 5.92 Å². The van der Waals surface area contributed by atoms with Crippen molar-refractivity contribution in [1.82, 2.24) is 0 Å². The molecule has 0 spiro atoms. The van der Waals surface area contributed by atoms with Gasteiger partial charge in [-0.3, -0.25) is 0 Å². The summed E-state index contributed by atoms with van der Waals surface area (Å²) in [5.41, 5.74) is 2.16. The molecule has 0 bridgehead atoms. The standard InChI is InChI=1S/C12H9N.2C5H5.2Fe/c13-9-12(10-5-1-2-6-10)11-7-3-4-8-11;2*1-2-4-5-3-1;;/h1-8,12H;2*1-5H;;/q-2;2*-1;2*+2. The predicted octanol–water partition coefficient (Wildman–Crippen LogP) is 5.59. The molecular weight excluding hydrogens is 390 g/mol. The molecule has 0 aromatic heterocycles. The maximum atomic E-state index is 9.02. The van der Waals surface area contributed by atoms with Crippen molar-refractivity contribution in [1.29, 1.82) is 5.26 Å². The number of hydrogen-bond donors (Lipinski definition) is 0. The van der Waals surface area contributed by atoms with Gasteiger partial charge < -0.3 is 0 Å². The van der Waals surface area contributed by atoms with E-state index in [9.17, 15) is 0 Å². The molecule has 4 aromatic carbocycles. The number of nitrogens with zero attached hydrogens (tertiary/aromatic N) is 1. The zero-order valence-corrected chi connectivity index (χ0v) is 15.8. The zero-order chi connectivity index (χ0) is 16.2. The van der Waals surface area contributed by atoms with Gasteiger partial charge in [0.1, 0.15) is 0 Å². The van der Waals surface area contributed by atoms with Gasteiger partial charge in [0.15, 0.2) is 0 Å². The molecule has 128 valence electrons. The van der Waals surface area contributed by atoms with Crippen LogP contribution in [0.25, 0.3) is 0 Å². The summed E-state index contributed by atoms with van der Waals surface area (Å²) in [6, 6.07) is 38.1. The van der Waals surface area contributed by atoms with Crippen LogP contribution in [0.15, 0.2) is 109 Å². The molecule has 0 saturated carbocycles. The molecule has 0 atom stereocenters. The van der Waals surface area contributed by atoms with Crippen molar-refractivity contribution < 1.29 is 34.1 Å². The van der Waals surface area contributed by atoms with E-state index in [1.807, 2.05) is 109 Å². The molecule has 3 heteroatoms. The quantitative estimate of drug-likeness (QED) is 0.313. The molecular formula is C22H19Fe2N. The van der Waals surface area contributed by atoms with E-state index >= 15 is 0 Å². The molecule has 4 rings (SSSR count). The van der Waals surface area contributed by atoms with Gasteiger partial charge in [0, 0.05) is 12.0 Å². The first-order valence-corrected chi connectivity index (χ1v) is 7.58. The summed E-state index contributed by atoms with van der Waals surface area (Å²) in [4.78, 5) is 0. The normalized spacial score (nSPS) is 8.48. The zero-order valence-electron chi connectivity index (χ0n) is 13.6. The third kappa shape index (κ3) is 8.54. The third-order valence-electron chi connectivity index (χ3n) is 3.28. The van der Waals surface area contributed by atoms with Crippen LogP contribution in [0.2, 0.25) is 0 Å². The van der Waals surface area contributed by atoms with Gasteiger partial charge in [0.25, 0.3) is 0 Å². The van der Waals surface area contributed by atoms with Crippen LogP contribution in [0.5, 0.6) is 0 Å². The minimum absolute atomic E-state index is 0. The van der Waals surface area contributed by atoms with E-state index in [0.29, 0.717) is 0 Å². The summed E-state index contributed by atoms with van der Waals surface area (Å²) >= 11 is 0. The smallest absolute Gasteiger partial charge is 0.214 e. The van der Waals surface area contributed by atoms with Gasteiger partial charge in [0.05, 0.1) is 0 Å². The SMILES string of the molecule is N#CC([c-]1cccc1)[c-]1cccc1.[Fe+2].[Fe+2].c1cc[cH-]c1.c1cc[cH-]c1. The minimum Gasteiger partial charge on any atom is -0.214 e. The molecule has 0 radical (unpaired) electrons. The van der Waals surface area contributed by atoms with Crippen LogP contribution < -0.4 is 0 Å². The molecule has 4 aromatic rings. The molecule has 0 N–H and O–H groups in total. The molecule has 0 heterocycles. The molecule has 25 heavy (non-hydrogen) atoms. The maximum Gasteiger partial charge on any atom is 2.00 e. The van der Waals surface area contributed by atoms with E-state index in [4.69, 9.17) is 5.26 Å². The second kappa shape index (κ2) is 14.3. The van der Waals surface area contributed by atoms with Gasteiger partial charge in [0.2, 0.25) is 0 Å². The van der Waals surface area contributed by atoms with Crippen LogP contribution >= 0.6 is 0 Å². The van der Waals surface area contributed by atoms with Gasteiger partial charge in [-0.2, -0.15) is 65.9 Å². The van der Waals surface area contributed by atoms with Gasteiger partial charge in [-0.05, 0) is 0 Å². The average Bonchev–Trinajstić information content (AvgIpc) is 3.40. The molecule has 0 amide bonds. The minimum atomic E-state index is -0.106. The molecule has 0 unspecified atom stereocenters. The second-order valence-corrected chi connectivity index (χ2v) is 4.92. The summed E-state index contributed by atoms with van der Waals surface area (Å²) in [6.07, 6.45) is 0. The predicted molar refractivity (Wildman–Crippen MR) is 95.6 cm³/mol. The summed E-state index contributed by atoms with van der Waals surface area (Å²) in [7, 11) is 0. The van der Waals surface area contributed by atoms with Crippen LogP contribution in [0.1, 0.15) is 17.0 Å². The van der Waals surface area contributed by atoms with Crippen LogP contribution in [-0.2, 0) is 34.1 Å². The Labute approximate surface area is 171 Å². The van der Waals surface area contributed by atoms with Gasteiger partial charge in [-0.25, -0.2) is 48.5 Å². The first-order chi connectivity index (χ1) is 11.4. The Bertz CT molecular complexity index is 633. The fourth-order valence-electron chi connectivity index (χ4n) is 2.15. The first kappa shape index (κ1) is 22.9. The van der Waals surface area contributed by atoms with Crippen LogP contribution in [-0.4, -0.2) is 0 Å². The maximum absolute atomic E-state index is 9.02. The van der Waals surface area contributed by atoms with E-state index in [2.05, 4.69) is 6.07 Å². The van der Waals surface area contributed by atoms with Crippen molar-refractivity contribution in [3.63, 3.8) is 0 Å². The summed E-state index contributed by atoms with van der Waals surface area (Å²) in [5.74, 6) is -0.106. The Morgan fingerprint density at radius 3 is 1.12 bits per heavy atom. The Hall–Kier alpha value is -2.07. The van der Waals surface area contributed by atoms with Crippen LogP contribution in [0.4, 0.5) is 0 Å². The van der Waals surface area contributed by atoms with E-state index in [0.717, 1.165) is 11.1 Å². The molecule has 0 aliphatic carbocycles. The number of rotatable bonds is 2. The van der Waals surface area contributed by atoms with Gasteiger partial charge in [-0.1, -0.05) is 0 Å². The molecule has 1 nitrogen and oxygen atoms in total. The van der Waals surface area contributed by atoms with E-state index in [1.54, 1.807) is 0 Å². The van der Waals surface area contributed by atoms with Gasteiger partial charge >= 0.3 is 34.1 Å². The topological polar surface area (TPSA) is 23.8 Å². The monoisotopic (exact) mass is 409 g/mol. The van der Waals surface area contributed by atoms with E-state index in [-0.39, 0.29) is 40.1 Å². The second-order valence-electron chi connectivity index (χ2n) is 4.92. The average molecular weight is 409 g/mol. The Morgan fingerprint density at radius 2 is 0.920 bits per heavy atom. The summed E-state index contributed by atoms with van der Waals surface area (Å²) in [6.45, 7) is 0.